The number of aromatic nitrogens is 2. The lowest BCUT2D eigenvalue weighted by Gasteiger charge is -2.04. The van der Waals surface area contributed by atoms with Crippen LogP contribution in [0.5, 0.6) is 0 Å². The maximum Gasteiger partial charge on any atom is 0.178 e. The Morgan fingerprint density at radius 3 is 2.60 bits per heavy atom. The highest BCUT2D eigenvalue weighted by Crippen LogP contribution is 2.38. The molecule has 0 aliphatic heterocycles. The van der Waals surface area contributed by atoms with Crippen LogP contribution in [0.2, 0.25) is 10.0 Å². The van der Waals surface area contributed by atoms with Crippen LogP contribution in [0.1, 0.15) is 0 Å². The molecule has 0 saturated carbocycles. The molecule has 0 bridgehead atoms. The first-order valence-electron chi connectivity index (χ1n) is 5.78. The molecule has 2 N–H and O–H groups in total. The quantitative estimate of drug-likeness (QED) is 0.767. The number of nitrogens with zero attached hydrogens (tertiary/aromatic N) is 2. The molecule has 4 nitrogen and oxygen atoms in total. The zero-order valence-electron chi connectivity index (χ0n) is 10.2. The molecule has 0 radical (unpaired) electrons. The Morgan fingerprint density at radius 2 is 1.90 bits per heavy atom. The fraction of sp³-hybridized carbons (Fsp3) is 0. The highest BCUT2D eigenvalue weighted by atomic mass is 35.5. The summed E-state index contributed by atoms with van der Waals surface area (Å²) in [5.74, 6) is 0.844. The number of nitrogens with two attached hydrogens (primary N) is 1. The Balaban J connectivity index is 2.19. The highest BCUT2D eigenvalue weighted by molar-refractivity contribution is 6.42. The van der Waals surface area contributed by atoms with E-state index in [1.165, 1.54) is 0 Å². The molecular weight excluding hydrogens is 297 g/mol. The molecule has 0 spiro atoms. The van der Waals surface area contributed by atoms with Crippen molar-refractivity contribution in [2.75, 3.05) is 5.73 Å². The number of hydrogen-bond acceptors (Lipinski definition) is 4. The topological polar surface area (TPSA) is 64.9 Å². The van der Waals surface area contributed by atoms with Crippen molar-refractivity contribution in [2.45, 2.75) is 0 Å². The summed E-state index contributed by atoms with van der Waals surface area (Å²) in [6, 6.07) is 8.93. The highest BCUT2D eigenvalue weighted by Gasteiger charge is 2.18. The van der Waals surface area contributed by atoms with E-state index in [0.29, 0.717) is 27.2 Å². The van der Waals surface area contributed by atoms with Crippen LogP contribution in [0.25, 0.3) is 22.5 Å². The predicted octanol–water partition coefficient (Wildman–Crippen LogP) is 4.29. The third-order valence-electron chi connectivity index (χ3n) is 2.85. The van der Waals surface area contributed by atoms with Gasteiger partial charge in [-0.1, -0.05) is 34.4 Å². The number of rotatable bonds is 2. The van der Waals surface area contributed by atoms with E-state index in [9.17, 15) is 0 Å². The first-order valence-corrected chi connectivity index (χ1v) is 6.53. The van der Waals surface area contributed by atoms with Crippen molar-refractivity contribution in [1.82, 2.24) is 10.1 Å². The predicted molar refractivity (Wildman–Crippen MR) is 79.6 cm³/mol. The van der Waals surface area contributed by atoms with Gasteiger partial charge in [0, 0.05) is 18.0 Å². The summed E-state index contributed by atoms with van der Waals surface area (Å²) in [5.41, 5.74) is 8.15. The van der Waals surface area contributed by atoms with Gasteiger partial charge in [0.1, 0.15) is 0 Å². The minimum Gasteiger partial charge on any atom is -0.380 e. The number of halogens is 2. The minimum absolute atomic E-state index is 0.294. The van der Waals surface area contributed by atoms with Gasteiger partial charge in [-0.15, -0.1) is 0 Å². The van der Waals surface area contributed by atoms with Crippen molar-refractivity contribution in [1.29, 1.82) is 0 Å². The third kappa shape index (κ3) is 2.24. The van der Waals surface area contributed by atoms with Crippen LogP contribution in [-0.4, -0.2) is 10.1 Å². The van der Waals surface area contributed by atoms with Crippen LogP contribution in [0, 0.1) is 0 Å². The number of hydrogen-bond donors (Lipinski definition) is 1. The van der Waals surface area contributed by atoms with Crippen molar-refractivity contribution in [3.63, 3.8) is 0 Å². The van der Waals surface area contributed by atoms with Crippen LogP contribution in [0.3, 0.4) is 0 Å². The van der Waals surface area contributed by atoms with Crippen molar-refractivity contribution in [3.8, 4) is 22.5 Å². The van der Waals surface area contributed by atoms with E-state index in [1.807, 2.05) is 18.2 Å². The molecule has 0 aliphatic rings. The van der Waals surface area contributed by atoms with E-state index in [2.05, 4.69) is 10.1 Å². The summed E-state index contributed by atoms with van der Waals surface area (Å²) in [7, 11) is 0. The number of benzene rings is 1. The molecule has 3 aromatic rings. The van der Waals surface area contributed by atoms with Crippen molar-refractivity contribution in [2.24, 2.45) is 0 Å². The van der Waals surface area contributed by atoms with E-state index in [4.69, 9.17) is 33.5 Å². The number of nitrogen functional groups attached to an aromatic ring is 1. The Hall–Kier alpha value is -2.04. The Morgan fingerprint density at radius 1 is 1.05 bits per heavy atom. The van der Waals surface area contributed by atoms with Gasteiger partial charge in [0.25, 0.3) is 0 Å². The normalized spacial score (nSPS) is 10.7. The van der Waals surface area contributed by atoms with Crippen molar-refractivity contribution < 1.29 is 4.52 Å². The molecule has 0 atom stereocenters. The molecule has 1 aromatic carbocycles. The molecule has 0 aliphatic carbocycles. The van der Waals surface area contributed by atoms with Gasteiger partial charge in [-0.3, -0.25) is 4.98 Å². The zero-order valence-corrected chi connectivity index (χ0v) is 11.7. The number of pyridine rings is 1. The van der Waals surface area contributed by atoms with E-state index in [0.717, 1.165) is 11.1 Å². The lowest BCUT2D eigenvalue weighted by molar-refractivity contribution is 0.436. The van der Waals surface area contributed by atoms with E-state index >= 15 is 0 Å². The Kier molecular flexibility index (Phi) is 3.34. The lowest BCUT2D eigenvalue weighted by atomic mass is 10.0. The largest absolute Gasteiger partial charge is 0.380 e. The third-order valence-corrected chi connectivity index (χ3v) is 3.59. The average Bonchev–Trinajstić information content (AvgIpc) is 2.85. The van der Waals surface area contributed by atoms with E-state index in [-0.39, 0.29) is 0 Å². The van der Waals surface area contributed by atoms with Gasteiger partial charge in [0.15, 0.2) is 11.6 Å². The molecule has 3 rings (SSSR count). The summed E-state index contributed by atoms with van der Waals surface area (Å²) < 4.78 is 5.31. The molecule has 100 valence electrons. The monoisotopic (exact) mass is 305 g/mol. The van der Waals surface area contributed by atoms with Gasteiger partial charge in [-0.2, -0.15) is 0 Å². The minimum atomic E-state index is 0.294. The molecule has 0 amide bonds. The van der Waals surface area contributed by atoms with Gasteiger partial charge in [-0.05, 0) is 29.8 Å². The molecule has 0 saturated heterocycles. The summed E-state index contributed by atoms with van der Waals surface area (Å²) >= 11 is 12.0. The number of anilines is 1. The van der Waals surface area contributed by atoms with E-state index < -0.39 is 0 Å². The maximum atomic E-state index is 6.05. The lowest BCUT2D eigenvalue weighted by Crippen LogP contribution is -1.89. The average molecular weight is 306 g/mol. The van der Waals surface area contributed by atoms with Crippen LogP contribution in [0.4, 0.5) is 5.82 Å². The first kappa shape index (κ1) is 13.0. The fourth-order valence-electron chi connectivity index (χ4n) is 1.93. The maximum absolute atomic E-state index is 6.05. The van der Waals surface area contributed by atoms with Gasteiger partial charge in [0.05, 0.1) is 15.6 Å². The molecule has 20 heavy (non-hydrogen) atoms. The molecular formula is C14H9Cl2N3O. The summed E-state index contributed by atoms with van der Waals surface area (Å²) in [4.78, 5) is 4.06. The SMILES string of the molecule is Nc1noc(-c2cccnc2)c1-c1ccc(Cl)c(Cl)c1. The Labute approximate surface area is 125 Å². The van der Waals surface area contributed by atoms with Crippen molar-refractivity contribution in [3.05, 3.63) is 52.8 Å². The summed E-state index contributed by atoms with van der Waals surface area (Å²) in [5, 5.41) is 4.75. The van der Waals surface area contributed by atoms with Gasteiger partial charge < -0.3 is 10.3 Å². The summed E-state index contributed by atoms with van der Waals surface area (Å²) in [6.07, 6.45) is 3.36. The second kappa shape index (κ2) is 5.15. The first-order chi connectivity index (χ1) is 9.66. The molecule has 0 fully saturated rings. The Bertz CT molecular complexity index is 756. The smallest absolute Gasteiger partial charge is 0.178 e. The van der Waals surface area contributed by atoms with Crippen LogP contribution < -0.4 is 5.73 Å². The van der Waals surface area contributed by atoms with E-state index in [1.54, 1.807) is 24.5 Å². The van der Waals surface area contributed by atoms with Crippen LogP contribution in [0.15, 0.2) is 47.2 Å². The van der Waals surface area contributed by atoms with Gasteiger partial charge in [-0.25, -0.2) is 0 Å². The molecule has 2 heterocycles. The van der Waals surface area contributed by atoms with Crippen LogP contribution >= 0.6 is 23.2 Å². The van der Waals surface area contributed by atoms with Crippen LogP contribution in [-0.2, 0) is 0 Å². The van der Waals surface area contributed by atoms with Gasteiger partial charge >= 0.3 is 0 Å². The standard InChI is InChI=1S/C14H9Cl2N3O/c15-10-4-3-8(6-11(10)16)12-13(20-19-14(12)17)9-2-1-5-18-7-9/h1-7H,(H2,17,19). The zero-order chi connectivity index (χ0) is 14.1. The molecule has 6 heteroatoms. The second-order valence-corrected chi connectivity index (χ2v) is 4.96. The summed E-state index contributed by atoms with van der Waals surface area (Å²) in [6.45, 7) is 0. The van der Waals surface area contributed by atoms with Crippen molar-refractivity contribution >= 4 is 29.0 Å². The fourth-order valence-corrected chi connectivity index (χ4v) is 2.23. The molecule has 0 unspecified atom stereocenters. The van der Waals surface area contributed by atoms with Gasteiger partial charge in [0.2, 0.25) is 0 Å². The molecule has 2 aromatic heterocycles. The second-order valence-electron chi connectivity index (χ2n) is 4.14.